The van der Waals surface area contributed by atoms with Crippen LogP contribution < -0.4 is 5.32 Å². The number of aryl methyl sites for hydroxylation is 1. The van der Waals surface area contributed by atoms with Crippen molar-refractivity contribution in [2.24, 2.45) is 0 Å². The Labute approximate surface area is 105 Å². The Kier molecular flexibility index (Phi) is 4.05. The molecule has 0 spiro atoms. The molecule has 0 unspecified atom stereocenters. The lowest BCUT2D eigenvalue weighted by Crippen LogP contribution is -2.16. The molecule has 1 heterocycles. The van der Waals surface area contributed by atoms with Crippen LogP contribution in [-0.2, 0) is 13.0 Å². The van der Waals surface area contributed by atoms with Crippen molar-refractivity contribution in [1.82, 2.24) is 15.5 Å². The fourth-order valence-corrected chi connectivity index (χ4v) is 1.62. The van der Waals surface area contributed by atoms with E-state index in [1.165, 1.54) is 0 Å². The van der Waals surface area contributed by atoms with E-state index in [0.717, 1.165) is 18.7 Å². The van der Waals surface area contributed by atoms with Gasteiger partial charge in [-0.2, -0.15) is 10.2 Å². The van der Waals surface area contributed by atoms with Crippen molar-refractivity contribution < 1.29 is 4.52 Å². The van der Waals surface area contributed by atoms with Crippen LogP contribution in [0.15, 0.2) is 28.8 Å². The van der Waals surface area contributed by atoms with Gasteiger partial charge >= 0.3 is 0 Å². The summed E-state index contributed by atoms with van der Waals surface area (Å²) in [4.78, 5) is 4.12. The van der Waals surface area contributed by atoms with Crippen molar-refractivity contribution in [1.29, 1.82) is 5.26 Å². The van der Waals surface area contributed by atoms with Crippen molar-refractivity contribution in [3.63, 3.8) is 0 Å². The van der Waals surface area contributed by atoms with E-state index >= 15 is 0 Å². The zero-order chi connectivity index (χ0) is 12.8. The smallest absolute Gasteiger partial charge is 0.227 e. The monoisotopic (exact) mass is 242 g/mol. The third-order valence-corrected chi connectivity index (χ3v) is 2.47. The average Bonchev–Trinajstić information content (AvgIpc) is 2.81. The fraction of sp³-hybridized carbons (Fsp3) is 0.308. The molecule has 92 valence electrons. The zero-order valence-corrected chi connectivity index (χ0v) is 10.2. The highest BCUT2D eigenvalue weighted by Gasteiger charge is 2.01. The first-order valence-electron chi connectivity index (χ1n) is 5.77. The normalized spacial score (nSPS) is 10.2. The van der Waals surface area contributed by atoms with Crippen LogP contribution in [0.4, 0.5) is 0 Å². The first-order valence-corrected chi connectivity index (χ1v) is 5.77. The van der Waals surface area contributed by atoms with Crippen molar-refractivity contribution in [3.8, 4) is 6.07 Å². The largest absolute Gasteiger partial charge is 0.339 e. The Morgan fingerprint density at radius 1 is 1.44 bits per heavy atom. The van der Waals surface area contributed by atoms with E-state index in [1.807, 2.05) is 18.2 Å². The molecule has 0 amide bonds. The quantitative estimate of drug-likeness (QED) is 0.806. The number of hydrogen-bond donors (Lipinski definition) is 1. The Bertz CT molecular complexity index is 556. The van der Waals surface area contributed by atoms with E-state index < -0.39 is 0 Å². The van der Waals surface area contributed by atoms with Crippen LogP contribution in [0.2, 0.25) is 0 Å². The van der Waals surface area contributed by atoms with Crippen molar-refractivity contribution in [2.75, 3.05) is 6.54 Å². The van der Waals surface area contributed by atoms with E-state index in [1.54, 1.807) is 13.0 Å². The Hall–Kier alpha value is -2.19. The van der Waals surface area contributed by atoms with E-state index in [9.17, 15) is 0 Å². The average molecular weight is 242 g/mol. The summed E-state index contributed by atoms with van der Waals surface area (Å²) in [5, 5.41) is 15.8. The number of rotatable bonds is 5. The maximum Gasteiger partial charge on any atom is 0.227 e. The Morgan fingerprint density at radius 2 is 2.33 bits per heavy atom. The van der Waals surface area contributed by atoms with Crippen molar-refractivity contribution in [3.05, 3.63) is 47.1 Å². The minimum atomic E-state index is 0.644. The van der Waals surface area contributed by atoms with Gasteiger partial charge in [0.2, 0.25) is 5.89 Å². The topological polar surface area (TPSA) is 74.7 Å². The third-order valence-electron chi connectivity index (χ3n) is 2.47. The lowest BCUT2D eigenvalue weighted by molar-refractivity contribution is 0.372. The van der Waals surface area contributed by atoms with Crippen LogP contribution in [0.3, 0.4) is 0 Å². The molecule has 0 aliphatic heterocycles. The van der Waals surface area contributed by atoms with Gasteiger partial charge in [0.25, 0.3) is 0 Å². The highest BCUT2D eigenvalue weighted by atomic mass is 16.5. The van der Waals surface area contributed by atoms with Crippen molar-refractivity contribution >= 4 is 0 Å². The van der Waals surface area contributed by atoms with Gasteiger partial charge in [-0.3, -0.25) is 0 Å². The van der Waals surface area contributed by atoms with E-state index in [-0.39, 0.29) is 0 Å². The van der Waals surface area contributed by atoms with Crippen LogP contribution in [0.1, 0.15) is 22.8 Å². The van der Waals surface area contributed by atoms with Gasteiger partial charge in [-0.15, -0.1) is 0 Å². The van der Waals surface area contributed by atoms with Gasteiger partial charge in [-0.05, 0) is 24.6 Å². The first-order chi connectivity index (χ1) is 8.78. The van der Waals surface area contributed by atoms with Crippen LogP contribution >= 0.6 is 0 Å². The van der Waals surface area contributed by atoms with Crippen LogP contribution in [0.25, 0.3) is 0 Å². The molecule has 18 heavy (non-hydrogen) atoms. The number of hydrogen-bond acceptors (Lipinski definition) is 5. The Balaban J connectivity index is 1.77. The minimum absolute atomic E-state index is 0.644. The van der Waals surface area contributed by atoms with Crippen LogP contribution in [0, 0.1) is 18.3 Å². The van der Waals surface area contributed by atoms with Gasteiger partial charge in [0.05, 0.1) is 11.6 Å². The number of nitrogens with zero attached hydrogens (tertiary/aromatic N) is 3. The molecule has 5 heteroatoms. The maximum absolute atomic E-state index is 8.79. The minimum Gasteiger partial charge on any atom is -0.339 e. The standard InChI is InChI=1S/C13H14N4O/c1-10-16-13(18-17-10)5-6-15-9-12-4-2-3-11(7-12)8-14/h2-4,7,15H,5-6,9H2,1H3. The summed E-state index contributed by atoms with van der Waals surface area (Å²) < 4.78 is 5.01. The second kappa shape index (κ2) is 5.94. The van der Waals surface area contributed by atoms with Crippen molar-refractivity contribution in [2.45, 2.75) is 19.9 Å². The van der Waals surface area contributed by atoms with Gasteiger partial charge in [0.1, 0.15) is 0 Å². The molecule has 1 aromatic carbocycles. The van der Waals surface area contributed by atoms with Gasteiger partial charge in [0, 0.05) is 19.5 Å². The van der Waals surface area contributed by atoms with Crippen LogP contribution in [-0.4, -0.2) is 16.7 Å². The second-order valence-electron chi connectivity index (χ2n) is 3.97. The molecule has 0 aliphatic rings. The van der Waals surface area contributed by atoms with E-state index in [4.69, 9.17) is 9.78 Å². The lowest BCUT2D eigenvalue weighted by Gasteiger charge is -2.03. The van der Waals surface area contributed by atoms with Gasteiger partial charge < -0.3 is 9.84 Å². The first kappa shape index (κ1) is 12.3. The SMILES string of the molecule is Cc1noc(CCNCc2cccc(C#N)c2)n1. The summed E-state index contributed by atoms with van der Waals surface area (Å²) in [6.45, 7) is 3.29. The summed E-state index contributed by atoms with van der Waals surface area (Å²) in [5.74, 6) is 1.30. The molecular formula is C13H14N4O. The number of benzene rings is 1. The second-order valence-corrected chi connectivity index (χ2v) is 3.97. The van der Waals surface area contributed by atoms with Gasteiger partial charge in [0.15, 0.2) is 5.82 Å². The molecule has 2 aromatic rings. The summed E-state index contributed by atoms with van der Waals surface area (Å²) in [5.41, 5.74) is 1.78. The molecule has 5 nitrogen and oxygen atoms in total. The molecular weight excluding hydrogens is 228 g/mol. The molecule has 0 atom stereocenters. The summed E-state index contributed by atoms with van der Waals surface area (Å²) in [6, 6.07) is 9.68. The molecule has 0 saturated carbocycles. The van der Waals surface area contributed by atoms with E-state index in [2.05, 4.69) is 21.5 Å². The highest BCUT2D eigenvalue weighted by Crippen LogP contribution is 2.03. The zero-order valence-electron chi connectivity index (χ0n) is 10.2. The molecule has 0 saturated heterocycles. The molecule has 0 radical (unpaired) electrons. The highest BCUT2D eigenvalue weighted by molar-refractivity contribution is 5.32. The van der Waals surface area contributed by atoms with E-state index in [0.29, 0.717) is 23.7 Å². The Morgan fingerprint density at radius 3 is 3.06 bits per heavy atom. The third kappa shape index (κ3) is 3.40. The fourth-order valence-electron chi connectivity index (χ4n) is 1.62. The predicted molar refractivity (Wildman–Crippen MR) is 65.6 cm³/mol. The number of nitriles is 1. The maximum atomic E-state index is 8.79. The summed E-state index contributed by atoms with van der Waals surface area (Å²) >= 11 is 0. The van der Waals surface area contributed by atoms with Gasteiger partial charge in [-0.25, -0.2) is 0 Å². The molecule has 2 rings (SSSR count). The molecule has 1 aromatic heterocycles. The predicted octanol–water partition coefficient (Wildman–Crippen LogP) is 1.58. The molecule has 0 aliphatic carbocycles. The summed E-state index contributed by atoms with van der Waals surface area (Å²) in [6.07, 6.45) is 0.707. The molecule has 0 bridgehead atoms. The van der Waals surface area contributed by atoms with Crippen LogP contribution in [0.5, 0.6) is 0 Å². The van der Waals surface area contributed by atoms with Gasteiger partial charge in [-0.1, -0.05) is 17.3 Å². The molecule has 0 fully saturated rings. The summed E-state index contributed by atoms with van der Waals surface area (Å²) in [7, 11) is 0. The molecule has 1 N–H and O–H groups in total. The number of aromatic nitrogens is 2. The lowest BCUT2D eigenvalue weighted by atomic mass is 10.1. The number of nitrogens with one attached hydrogen (secondary N) is 1.